The average Bonchev–Trinajstić information content (AvgIpc) is 2.49. The van der Waals surface area contributed by atoms with E-state index in [1.165, 1.54) is 5.56 Å². The van der Waals surface area contributed by atoms with Crippen molar-refractivity contribution in [3.8, 4) is 0 Å². The van der Waals surface area contributed by atoms with Crippen LogP contribution in [0.15, 0.2) is 60.7 Å². The Morgan fingerprint density at radius 1 is 1.05 bits per heavy atom. The number of benzene rings is 2. The molecule has 0 fully saturated rings. The topological polar surface area (TPSA) is 38.3 Å². The van der Waals surface area contributed by atoms with Crippen molar-refractivity contribution in [3.05, 3.63) is 71.8 Å². The largest absolute Gasteiger partial charge is 0.450 e. The minimum atomic E-state index is -0.505. The third-order valence-electron chi connectivity index (χ3n) is 3.46. The molecule has 0 saturated carbocycles. The molecule has 1 N–H and O–H groups in total. The van der Waals surface area contributed by atoms with Gasteiger partial charge in [-0.05, 0) is 31.4 Å². The van der Waals surface area contributed by atoms with Gasteiger partial charge in [-0.15, -0.1) is 0 Å². The summed E-state index contributed by atoms with van der Waals surface area (Å²) in [6, 6.07) is 20.1. The Bertz CT molecular complexity index is 568. The van der Waals surface area contributed by atoms with Gasteiger partial charge in [-0.3, -0.25) is 0 Å². The lowest BCUT2D eigenvalue weighted by Crippen LogP contribution is -2.45. The van der Waals surface area contributed by atoms with Crippen LogP contribution < -0.4 is 5.32 Å². The van der Waals surface area contributed by atoms with Crippen molar-refractivity contribution in [2.75, 3.05) is 6.61 Å². The molecule has 2 rings (SSSR count). The molecule has 2 aromatic carbocycles. The minimum absolute atomic E-state index is 0.363. The number of rotatable bonds is 5. The van der Waals surface area contributed by atoms with Gasteiger partial charge in [-0.2, -0.15) is 0 Å². The fourth-order valence-electron chi connectivity index (χ4n) is 2.42. The van der Waals surface area contributed by atoms with Gasteiger partial charge in [0.1, 0.15) is 0 Å². The zero-order valence-electron chi connectivity index (χ0n) is 12.5. The van der Waals surface area contributed by atoms with Crippen LogP contribution in [0.5, 0.6) is 0 Å². The molecule has 0 heterocycles. The highest BCUT2D eigenvalue weighted by atomic mass is 16.5. The fourth-order valence-corrected chi connectivity index (χ4v) is 2.42. The summed E-state index contributed by atoms with van der Waals surface area (Å²) < 4.78 is 5.05. The normalized spacial score (nSPS) is 13.2. The van der Waals surface area contributed by atoms with Crippen molar-refractivity contribution in [2.45, 2.75) is 25.8 Å². The molecule has 110 valence electrons. The van der Waals surface area contributed by atoms with Gasteiger partial charge in [0.05, 0.1) is 12.1 Å². The number of nitrogens with one attached hydrogen (secondary N) is 1. The number of hydrogen-bond donors (Lipinski definition) is 1. The van der Waals surface area contributed by atoms with Crippen LogP contribution >= 0.6 is 0 Å². The Morgan fingerprint density at radius 3 is 2.19 bits per heavy atom. The zero-order valence-corrected chi connectivity index (χ0v) is 12.5. The molecule has 1 unspecified atom stereocenters. The van der Waals surface area contributed by atoms with E-state index in [0.717, 1.165) is 5.56 Å². The molecule has 3 heteroatoms. The second-order valence-corrected chi connectivity index (χ2v) is 5.21. The maximum atomic E-state index is 11.9. The van der Waals surface area contributed by atoms with Crippen molar-refractivity contribution in [3.63, 3.8) is 0 Å². The molecule has 0 aliphatic rings. The minimum Gasteiger partial charge on any atom is -0.450 e. The molecule has 0 saturated heterocycles. The first kappa shape index (κ1) is 15.1. The van der Waals surface area contributed by atoms with Crippen molar-refractivity contribution in [1.82, 2.24) is 5.32 Å². The SMILES string of the molecule is CCOC(=O)NC(C)(Cc1ccccc1)c1ccccc1. The summed E-state index contributed by atoms with van der Waals surface area (Å²) in [4.78, 5) is 11.9. The molecule has 0 aliphatic carbocycles. The number of hydrogen-bond acceptors (Lipinski definition) is 2. The lowest BCUT2D eigenvalue weighted by molar-refractivity contribution is 0.139. The van der Waals surface area contributed by atoms with E-state index in [-0.39, 0.29) is 6.09 Å². The molecule has 1 amide bonds. The summed E-state index contributed by atoms with van der Waals surface area (Å²) in [7, 11) is 0. The highest BCUT2D eigenvalue weighted by molar-refractivity contribution is 5.68. The quantitative estimate of drug-likeness (QED) is 0.904. The predicted octanol–water partition coefficient (Wildman–Crippen LogP) is 3.89. The maximum absolute atomic E-state index is 11.9. The second kappa shape index (κ2) is 6.93. The van der Waals surface area contributed by atoms with Gasteiger partial charge in [0, 0.05) is 0 Å². The number of amides is 1. The number of alkyl carbamates (subject to hydrolysis) is 1. The third-order valence-corrected chi connectivity index (χ3v) is 3.46. The molecule has 1 atom stereocenters. The predicted molar refractivity (Wildman–Crippen MR) is 84.1 cm³/mol. The molecule has 0 aliphatic heterocycles. The number of carbonyl (C=O) groups is 1. The van der Waals surface area contributed by atoms with Gasteiger partial charge in [-0.1, -0.05) is 60.7 Å². The second-order valence-electron chi connectivity index (χ2n) is 5.21. The van der Waals surface area contributed by atoms with Crippen LogP contribution in [0.25, 0.3) is 0 Å². The van der Waals surface area contributed by atoms with Crippen molar-refractivity contribution >= 4 is 6.09 Å². The first-order valence-electron chi connectivity index (χ1n) is 7.18. The van der Waals surface area contributed by atoms with Gasteiger partial charge < -0.3 is 10.1 Å². The van der Waals surface area contributed by atoms with E-state index in [0.29, 0.717) is 13.0 Å². The fraction of sp³-hybridized carbons (Fsp3) is 0.278. The molecular formula is C18H21NO2. The lowest BCUT2D eigenvalue weighted by atomic mass is 9.85. The summed E-state index contributed by atoms with van der Waals surface area (Å²) in [6.07, 6.45) is 0.316. The third kappa shape index (κ3) is 4.09. The smallest absolute Gasteiger partial charge is 0.407 e. The van der Waals surface area contributed by atoms with E-state index in [9.17, 15) is 4.79 Å². The Morgan fingerprint density at radius 2 is 1.62 bits per heavy atom. The van der Waals surface area contributed by atoms with Crippen LogP contribution in [-0.4, -0.2) is 12.7 Å². The van der Waals surface area contributed by atoms with Crippen molar-refractivity contribution in [2.24, 2.45) is 0 Å². The zero-order chi connectivity index (χ0) is 15.1. The van der Waals surface area contributed by atoms with E-state index in [2.05, 4.69) is 17.4 Å². The lowest BCUT2D eigenvalue weighted by Gasteiger charge is -2.31. The standard InChI is InChI=1S/C18H21NO2/c1-3-21-17(20)19-18(2,16-12-8-5-9-13-16)14-15-10-6-4-7-11-15/h4-13H,3,14H2,1-2H3,(H,19,20). The van der Waals surface area contributed by atoms with Gasteiger partial charge in [0.25, 0.3) is 0 Å². The molecule has 21 heavy (non-hydrogen) atoms. The molecule has 2 aromatic rings. The summed E-state index contributed by atoms with van der Waals surface area (Å²) in [6.45, 7) is 4.19. The molecule has 0 radical (unpaired) electrons. The van der Waals surface area contributed by atoms with E-state index in [4.69, 9.17) is 4.74 Å². The van der Waals surface area contributed by atoms with Gasteiger partial charge in [0.2, 0.25) is 0 Å². The Balaban J connectivity index is 2.27. The van der Waals surface area contributed by atoms with E-state index in [1.54, 1.807) is 6.92 Å². The highest BCUT2D eigenvalue weighted by Crippen LogP contribution is 2.25. The Kier molecular flexibility index (Phi) is 4.99. The van der Waals surface area contributed by atoms with Gasteiger partial charge in [-0.25, -0.2) is 4.79 Å². The average molecular weight is 283 g/mol. The Labute approximate surface area is 126 Å². The van der Waals surface area contributed by atoms with Crippen LogP contribution in [0.4, 0.5) is 4.79 Å². The van der Waals surface area contributed by atoms with Crippen LogP contribution in [0.3, 0.4) is 0 Å². The van der Waals surface area contributed by atoms with Crippen LogP contribution in [0, 0.1) is 0 Å². The van der Waals surface area contributed by atoms with E-state index < -0.39 is 5.54 Å². The van der Waals surface area contributed by atoms with Crippen LogP contribution in [0.2, 0.25) is 0 Å². The maximum Gasteiger partial charge on any atom is 0.407 e. The molecule has 0 bridgehead atoms. The van der Waals surface area contributed by atoms with Crippen LogP contribution in [-0.2, 0) is 16.7 Å². The molecule has 0 aromatic heterocycles. The highest BCUT2D eigenvalue weighted by Gasteiger charge is 2.29. The van der Waals surface area contributed by atoms with Gasteiger partial charge >= 0.3 is 6.09 Å². The first-order chi connectivity index (χ1) is 10.1. The van der Waals surface area contributed by atoms with Gasteiger partial charge in [0.15, 0.2) is 0 Å². The number of ether oxygens (including phenoxy) is 1. The summed E-state index contributed by atoms with van der Waals surface area (Å²) in [5, 5.41) is 3.00. The van der Waals surface area contributed by atoms with Crippen LogP contribution in [0.1, 0.15) is 25.0 Å². The summed E-state index contributed by atoms with van der Waals surface area (Å²) in [5.74, 6) is 0. The first-order valence-corrected chi connectivity index (χ1v) is 7.18. The summed E-state index contributed by atoms with van der Waals surface area (Å²) >= 11 is 0. The monoisotopic (exact) mass is 283 g/mol. The van der Waals surface area contributed by atoms with E-state index >= 15 is 0 Å². The molecule has 0 spiro atoms. The van der Waals surface area contributed by atoms with E-state index in [1.807, 2.05) is 55.5 Å². The summed E-state index contributed by atoms with van der Waals surface area (Å²) in [5.41, 5.74) is 1.72. The van der Waals surface area contributed by atoms with Crippen molar-refractivity contribution < 1.29 is 9.53 Å². The molecule has 3 nitrogen and oxygen atoms in total. The molecular weight excluding hydrogens is 262 g/mol. The van der Waals surface area contributed by atoms with Crippen molar-refractivity contribution in [1.29, 1.82) is 0 Å². The Hall–Kier alpha value is -2.29. The number of carbonyl (C=O) groups excluding carboxylic acids is 1.